The maximum Gasteiger partial charge on any atom is 0.255 e. The fourth-order valence-corrected chi connectivity index (χ4v) is 3.93. The Bertz CT molecular complexity index is 782. The number of carbonyl (C=O) groups is 1. The highest BCUT2D eigenvalue weighted by Crippen LogP contribution is 2.26. The van der Waals surface area contributed by atoms with Crippen molar-refractivity contribution in [2.75, 3.05) is 18.0 Å². The lowest BCUT2D eigenvalue weighted by molar-refractivity contribution is 0.0644. The molecule has 0 saturated carbocycles. The van der Waals surface area contributed by atoms with Crippen LogP contribution in [-0.4, -0.2) is 50.7 Å². The summed E-state index contributed by atoms with van der Waals surface area (Å²) >= 11 is 0. The largest absolute Gasteiger partial charge is 0.341 e. The van der Waals surface area contributed by atoms with E-state index in [2.05, 4.69) is 10.00 Å². The highest BCUT2D eigenvalue weighted by Gasteiger charge is 2.26. The maximum absolute atomic E-state index is 13.3. The van der Waals surface area contributed by atoms with Crippen molar-refractivity contribution in [3.8, 4) is 11.4 Å². The third-order valence-corrected chi connectivity index (χ3v) is 5.12. The molecule has 0 N–H and O–H groups in total. The second-order valence-electron chi connectivity index (χ2n) is 7.85. The number of anilines is 1. The third-order valence-electron chi connectivity index (χ3n) is 5.12. The lowest BCUT2D eigenvalue weighted by Crippen LogP contribution is -2.42. The van der Waals surface area contributed by atoms with Crippen LogP contribution in [-0.2, 0) is 7.05 Å². The number of rotatable bonds is 5. The number of hydrogen-bond donors (Lipinski definition) is 0. The monoisotopic (exact) mass is 369 g/mol. The first-order valence-electron chi connectivity index (χ1n) is 9.98. The molecule has 6 nitrogen and oxygen atoms in total. The van der Waals surface area contributed by atoms with Crippen molar-refractivity contribution in [2.24, 2.45) is 7.05 Å². The van der Waals surface area contributed by atoms with Gasteiger partial charge in [0.2, 0.25) is 5.95 Å². The molecule has 3 rings (SSSR count). The SMILES string of the molecule is CC(C)N(C(=O)c1ccccc1-c1nc(N2CCCCC2)n(C)n1)C(C)C. The Morgan fingerprint density at radius 1 is 1.04 bits per heavy atom. The Morgan fingerprint density at radius 2 is 1.67 bits per heavy atom. The molecule has 1 aromatic carbocycles. The number of amides is 1. The van der Waals surface area contributed by atoms with Gasteiger partial charge in [0, 0.05) is 37.8 Å². The minimum atomic E-state index is 0.0302. The molecule has 1 aliphatic rings. The van der Waals surface area contributed by atoms with Gasteiger partial charge in [-0.3, -0.25) is 4.79 Å². The topological polar surface area (TPSA) is 54.3 Å². The molecule has 2 heterocycles. The van der Waals surface area contributed by atoms with Crippen molar-refractivity contribution in [1.29, 1.82) is 0 Å². The van der Waals surface area contributed by atoms with Gasteiger partial charge < -0.3 is 9.80 Å². The molecule has 1 aliphatic heterocycles. The van der Waals surface area contributed by atoms with E-state index in [0.29, 0.717) is 11.4 Å². The Labute approximate surface area is 162 Å². The number of carbonyl (C=O) groups excluding carboxylic acids is 1. The van der Waals surface area contributed by atoms with Gasteiger partial charge in [-0.15, -0.1) is 5.10 Å². The fourth-order valence-electron chi connectivity index (χ4n) is 3.93. The van der Waals surface area contributed by atoms with E-state index in [0.717, 1.165) is 24.6 Å². The van der Waals surface area contributed by atoms with Crippen molar-refractivity contribution < 1.29 is 4.79 Å². The predicted molar refractivity (Wildman–Crippen MR) is 109 cm³/mol. The number of aryl methyl sites for hydroxylation is 1. The smallest absolute Gasteiger partial charge is 0.255 e. The summed E-state index contributed by atoms with van der Waals surface area (Å²) in [6, 6.07) is 7.94. The quantitative estimate of drug-likeness (QED) is 0.806. The molecule has 1 saturated heterocycles. The van der Waals surface area contributed by atoms with E-state index in [-0.39, 0.29) is 18.0 Å². The average molecular weight is 370 g/mol. The normalized spacial score (nSPS) is 14.9. The predicted octanol–water partition coefficient (Wildman–Crippen LogP) is 3.73. The lowest BCUT2D eigenvalue weighted by atomic mass is 10.0. The summed E-state index contributed by atoms with van der Waals surface area (Å²) in [5.74, 6) is 1.54. The van der Waals surface area contributed by atoms with Gasteiger partial charge in [0.25, 0.3) is 5.91 Å². The first-order chi connectivity index (χ1) is 12.9. The zero-order chi connectivity index (χ0) is 19.6. The molecule has 0 radical (unpaired) electrons. The van der Waals surface area contributed by atoms with Crippen LogP contribution in [0.2, 0.25) is 0 Å². The van der Waals surface area contributed by atoms with E-state index < -0.39 is 0 Å². The number of hydrogen-bond acceptors (Lipinski definition) is 4. The summed E-state index contributed by atoms with van der Waals surface area (Å²) in [6.07, 6.45) is 3.66. The zero-order valence-corrected chi connectivity index (χ0v) is 17.1. The van der Waals surface area contributed by atoms with Crippen LogP contribution in [0.1, 0.15) is 57.3 Å². The maximum atomic E-state index is 13.3. The molecule has 0 spiro atoms. The van der Waals surface area contributed by atoms with E-state index >= 15 is 0 Å². The molecule has 146 valence electrons. The number of benzene rings is 1. The van der Waals surface area contributed by atoms with Crippen LogP contribution in [0.5, 0.6) is 0 Å². The summed E-state index contributed by atoms with van der Waals surface area (Å²) < 4.78 is 1.84. The van der Waals surface area contributed by atoms with Gasteiger partial charge in [0.15, 0.2) is 5.82 Å². The van der Waals surface area contributed by atoms with E-state index in [1.807, 2.05) is 68.6 Å². The van der Waals surface area contributed by atoms with Gasteiger partial charge in [0.05, 0.1) is 5.56 Å². The van der Waals surface area contributed by atoms with E-state index in [1.54, 1.807) is 0 Å². The summed E-state index contributed by atoms with van der Waals surface area (Å²) in [7, 11) is 1.93. The minimum Gasteiger partial charge on any atom is -0.341 e. The van der Waals surface area contributed by atoms with Gasteiger partial charge >= 0.3 is 0 Å². The van der Waals surface area contributed by atoms with Crippen LogP contribution in [0.15, 0.2) is 24.3 Å². The molecule has 0 aliphatic carbocycles. The molecule has 1 aromatic heterocycles. The second kappa shape index (κ2) is 8.11. The van der Waals surface area contributed by atoms with Gasteiger partial charge in [0.1, 0.15) is 0 Å². The van der Waals surface area contributed by atoms with Gasteiger partial charge in [-0.1, -0.05) is 18.2 Å². The van der Waals surface area contributed by atoms with Crippen LogP contribution >= 0.6 is 0 Å². The lowest BCUT2D eigenvalue weighted by Gasteiger charge is -2.31. The van der Waals surface area contributed by atoms with Gasteiger partial charge in [-0.05, 0) is 53.0 Å². The summed E-state index contributed by atoms with van der Waals surface area (Å²) in [5.41, 5.74) is 1.46. The molecule has 0 bridgehead atoms. The van der Waals surface area contributed by atoms with Gasteiger partial charge in [-0.2, -0.15) is 4.98 Å². The molecule has 0 atom stereocenters. The number of nitrogens with zero attached hydrogens (tertiary/aromatic N) is 5. The average Bonchev–Trinajstić information content (AvgIpc) is 3.03. The first kappa shape index (κ1) is 19.4. The Kier molecular flexibility index (Phi) is 5.82. The van der Waals surface area contributed by atoms with E-state index in [1.165, 1.54) is 19.3 Å². The Balaban J connectivity index is 1.98. The van der Waals surface area contributed by atoms with Crippen LogP contribution < -0.4 is 4.90 Å². The molecular formula is C21H31N5O. The second-order valence-corrected chi connectivity index (χ2v) is 7.85. The van der Waals surface area contributed by atoms with Crippen LogP contribution in [0.25, 0.3) is 11.4 Å². The fraction of sp³-hybridized carbons (Fsp3) is 0.571. The van der Waals surface area contributed by atoms with E-state index in [4.69, 9.17) is 4.98 Å². The minimum absolute atomic E-state index is 0.0302. The molecule has 1 amide bonds. The summed E-state index contributed by atoms with van der Waals surface area (Å²) in [6.45, 7) is 10.2. The third kappa shape index (κ3) is 3.99. The van der Waals surface area contributed by atoms with Crippen molar-refractivity contribution in [2.45, 2.75) is 59.0 Å². The zero-order valence-electron chi connectivity index (χ0n) is 17.1. The summed E-state index contributed by atoms with van der Waals surface area (Å²) in [4.78, 5) is 22.3. The molecule has 2 aromatic rings. The Hall–Kier alpha value is -2.37. The van der Waals surface area contributed by atoms with Gasteiger partial charge in [-0.25, -0.2) is 4.68 Å². The number of aromatic nitrogens is 3. The molecular weight excluding hydrogens is 338 g/mol. The van der Waals surface area contributed by atoms with E-state index in [9.17, 15) is 4.79 Å². The molecule has 1 fully saturated rings. The van der Waals surface area contributed by atoms with Crippen LogP contribution in [0, 0.1) is 0 Å². The van der Waals surface area contributed by atoms with Crippen molar-refractivity contribution in [3.63, 3.8) is 0 Å². The highest BCUT2D eigenvalue weighted by molar-refractivity contribution is 6.00. The molecule has 6 heteroatoms. The molecule has 27 heavy (non-hydrogen) atoms. The van der Waals surface area contributed by atoms with Crippen molar-refractivity contribution in [3.05, 3.63) is 29.8 Å². The van der Waals surface area contributed by atoms with Crippen molar-refractivity contribution in [1.82, 2.24) is 19.7 Å². The van der Waals surface area contributed by atoms with Crippen LogP contribution in [0.4, 0.5) is 5.95 Å². The Morgan fingerprint density at radius 3 is 2.30 bits per heavy atom. The standard InChI is InChI=1S/C21H31N5O/c1-15(2)26(16(3)4)20(27)18-12-8-7-11-17(18)19-22-21(24(5)23-19)25-13-9-6-10-14-25/h7-8,11-12,15-16H,6,9-10,13-14H2,1-5H3. The highest BCUT2D eigenvalue weighted by atomic mass is 16.2. The summed E-state index contributed by atoms with van der Waals surface area (Å²) in [5, 5.41) is 4.64. The number of piperidine rings is 1. The first-order valence-corrected chi connectivity index (χ1v) is 9.98. The van der Waals surface area contributed by atoms with Crippen LogP contribution in [0.3, 0.4) is 0 Å². The van der Waals surface area contributed by atoms with Crippen molar-refractivity contribution >= 4 is 11.9 Å². The molecule has 0 unspecified atom stereocenters.